The molecule has 3 N–H and O–H groups in total. The van der Waals surface area contributed by atoms with E-state index < -0.39 is 11.7 Å². The molecule has 1 aliphatic rings. The lowest BCUT2D eigenvalue weighted by atomic mass is 10.00. The van der Waals surface area contributed by atoms with Gasteiger partial charge in [-0.1, -0.05) is 18.2 Å². The number of fused-ring (bicyclic) bond motifs is 1. The van der Waals surface area contributed by atoms with Gasteiger partial charge < -0.3 is 25.1 Å². The molecule has 2 heterocycles. The second-order valence-corrected chi connectivity index (χ2v) is 9.25. The van der Waals surface area contributed by atoms with Crippen LogP contribution in [0.1, 0.15) is 28.7 Å². The van der Waals surface area contributed by atoms with Crippen molar-refractivity contribution < 1.29 is 23.0 Å². The summed E-state index contributed by atoms with van der Waals surface area (Å²) in [6, 6.07) is 13.0. The molecule has 1 atom stereocenters. The number of benzene rings is 2. The third kappa shape index (κ3) is 5.07. The number of carbonyl (C=O) groups excluding carboxylic acids is 1. The predicted molar refractivity (Wildman–Crippen MR) is 131 cm³/mol. The number of aromatic hydroxyl groups is 1. The smallest absolute Gasteiger partial charge is 0.251 e. The monoisotopic (exact) mass is 454 g/mol. The highest BCUT2D eigenvalue weighted by molar-refractivity contribution is 5.92. The van der Waals surface area contributed by atoms with E-state index in [4.69, 9.17) is 9.97 Å². The van der Waals surface area contributed by atoms with Gasteiger partial charge in [-0.3, -0.25) is 4.79 Å². The van der Waals surface area contributed by atoms with E-state index in [-0.39, 0.29) is 20.9 Å². The number of aryl methyl sites for hydroxylation is 1. The van der Waals surface area contributed by atoms with E-state index in [2.05, 4.69) is 4.90 Å². The van der Waals surface area contributed by atoms with Gasteiger partial charge in [0, 0.05) is 40.8 Å². The lowest BCUT2D eigenvalue weighted by molar-refractivity contribution is -0.143. The number of rotatable bonds is 5. The van der Waals surface area contributed by atoms with Gasteiger partial charge >= 0.3 is 0 Å². The summed E-state index contributed by atoms with van der Waals surface area (Å²) >= 11 is 0. The Morgan fingerprint density at radius 3 is 2.48 bits per heavy atom. The topological polar surface area (TPSA) is 110 Å². The highest BCUT2D eigenvalue weighted by atomic mass is 16.3. The summed E-state index contributed by atoms with van der Waals surface area (Å²) in [5, 5.41) is 31.4. The molecule has 0 saturated carbocycles. The van der Waals surface area contributed by atoms with Crippen LogP contribution in [0.2, 0.25) is 0 Å². The van der Waals surface area contributed by atoms with Crippen molar-refractivity contribution in [2.45, 2.75) is 38.9 Å². The summed E-state index contributed by atoms with van der Waals surface area (Å²) in [5.74, 6) is 0.948. The fraction of sp³-hybridized carbons (Fsp3) is 0.400. The summed E-state index contributed by atoms with van der Waals surface area (Å²) in [4.78, 5) is 25.9. The first-order chi connectivity index (χ1) is 15.6. The van der Waals surface area contributed by atoms with Crippen molar-refractivity contribution in [3.05, 3.63) is 48.0 Å². The van der Waals surface area contributed by atoms with E-state index in [0.717, 1.165) is 22.3 Å². The molecule has 1 fully saturated rings. The number of anilines is 1. The third-order valence-electron chi connectivity index (χ3n) is 5.85. The molecule has 0 radical (unpaired) electrons. The van der Waals surface area contributed by atoms with Crippen LogP contribution in [0.25, 0.3) is 22.3 Å². The van der Waals surface area contributed by atoms with Crippen LogP contribution < -0.4 is 4.90 Å². The SMILES string of the molecule is Cc1ccc2c(N3CCN(C(=O)[C@H](O)CC(C)(C)O)CC3)nc(-c3ccccc3O)nc2c1.[HH].[HH]. The van der Waals surface area contributed by atoms with E-state index in [1.165, 1.54) is 0 Å². The maximum atomic E-state index is 12.6. The molecular weight excluding hydrogens is 420 g/mol. The van der Waals surface area contributed by atoms with Crippen LogP contribution in [0, 0.1) is 6.92 Å². The molecule has 1 aromatic heterocycles. The molecule has 2 aromatic carbocycles. The first-order valence-electron chi connectivity index (χ1n) is 11.1. The highest BCUT2D eigenvalue weighted by Crippen LogP contribution is 2.32. The van der Waals surface area contributed by atoms with Gasteiger partial charge in [0.15, 0.2) is 5.82 Å². The quantitative estimate of drug-likeness (QED) is 0.544. The summed E-state index contributed by atoms with van der Waals surface area (Å²) in [5.41, 5.74) is 1.31. The number of piperazine rings is 1. The van der Waals surface area contributed by atoms with Gasteiger partial charge in [-0.05, 0) is 50.6 Å². The molecule has 4 rings (SSSR count). The second-order valence-electron chi connectivity index (χ2n) is 9.25. The zero-order valence-corrected chi connectivity index (χ0v) is 19.2. The minimum absolute atomic E-state index is 0. The molecule has 0 spiro atoms. The lowest BCUT2D eigenvalue weighted by Gasteiger charge is -2.37. The normalized spacial score (nSPS) is 15.7. The Labute approximate surface area is 196 Å². The van der Waals surface area contributed by atoms with Crippen LogP contribution in [0.5, 0.6) is 5.75 Å². The van der Waals surface area contributed by atoms with Crippen molar-refractivity contribution in [2.75, 3.05) is 31.1 Å². The van der Waals surface area contributed by atoms with Crippen molar-refractivity contribution in [1.82, 2.24) is 14.9 Å². The Morgan fingerprint density at radius 1 is 1.12 bits per heavy atom. The third-order valence-corrected chi connectivity index (χ3v) is 5.85. The predicted octanol–water partition coefficient (Wildman–Crippen LogP) is 2.97. The number of hydrogen-bond donors (Lipinski definition) is 3. The largest absolute Gasteiger partial charge is 0.507 e. The summed E-state index contributed by atoms with van der Waals surface area (Å²) in [7, 11) is 0. The number of phenols is 1. The maximum Gasteiger partial charge on any atom is 0.251 e. The van der Waals surface area contributed by atoms with E-state index >= 15 is 0 Å². The zero-order chi connectivity index (χ0) is 23.8. The Hall–Kier alpha value is -3.23. The summed E-state index contributed by atoms with van der Waals surface area (Å²) in [6.07, 6.45) is -1.24. The van der Waals surface area contributed by atoms with Crippen molar-refractivity contribution in [2.24, 2.45) is 0 Å². The van der Waals surface area contributed by atoms with Gasteiger partial charge in [-0.2, -0.15) is 0 Å². The van der Waals surface area contributed by atoms with Gasteiger partial charge in [-0.15, -0.1) is 0 Å². The molecule has 8 heteroatoms. The first kappa shape index (κ1) is 22.9. The molecule has 1 aliphatic heterocycles. The van der Waals surface area contributed by atoms with Crippen LogP contribution >= 0.6 is 0 Å². The molecule has 3 aromatic rings. The summed E-state index contributed by atoms with van der Waals surface area (Å²) < 4.78 is 0. The number of aromatic nitrogens is 2. The molecule has 0 bridgehead atoms. The van der Waals surface area contributed by atoms with Crippen molar-refractivity contribution in [3.8, 4) is 17.1 Å². The van der Waals surface area contributed by atoms with Crippen molar-refractivity contribution in [3.63, 3.8) is 0 Å². The Morgan fingerprint density at radius 2 is 1.82 bits per heavy atom. The van der Waals surface area contributed by atoms with Gasteiger partial charge in [0.25, 0.3) is 5.91 Å². The second kappa shape index (κ2) is 8.96. The maximum absolute atomic E-state index is 12.6. The highest BCUT2D eigenvalue weighted by Gasteiger charge is 2.30. The standard InChI is InChI=1S/C25H30N4O4.2H2/c1-16-8-9-17-19(14-16)26-22(18-6-4-5-7-20(18)30)27-23(17)28-10-12-29(13-11-28)24(32)21(31)15-25(2,3)33;;/h4-9,14,21,30-31,33H,10-13,15H2,1-3H3;2*1H/t21-;;/m1../s1. The van der Waals surface area contributed by atoms with Crippen molar-refractivity contribution in [1.29, 1.82) is 0 Å². The average molecular weight is 455 g/mol. The molecule has 0 aliphatic carbocycles. The van der Waals surface area contributed by atoms with E-state index in [0.29, 0.717) is 37.6 Å². The first-order valence-corrected chi connectivity index (χ1v) is 11.1. The van der Waals surface area contributed by atoms with Crippen LogP contribution in [0.15, 0.2) is 42.5 Å². The van der Waals surface area contributed by atoms with E-state index in [1.54, 1.807) is 36.9 Å². The minimum Gasteiger partial charge on any atom is -0.507 e. The zero-order valence-electron chi connectivity index (χ0n) is 19.2. The minimum atomic E-state index is -1.23. The lowest BCUT2D eigenvalue weighted by Crippen LogP contribution is -2.52. The number of hydrogen-bond acceptors (Lipinski definition) is 7. The fourth-order valence-corrected chi connectivity index (χ4v) is 4.16. The van der Waals surface area contributed by atoms with Crippen molar-refractivity contribution >= 4 is 22.6 Å². The van der Waals surface area contributed by atoms with Gasteiger partial charge in [0.05, 0.1) is 16.7 Å². The Bertz CT molecular complexity index is 1180. The number of nitrogens with zero attached hydrogens (tertiary/aromatic N) is 4. The molecule has 1 saturated heterocycles. The van der Waals surface area contributed by atoms with Crippen LogP contribution in [0.3, 0.4) is 0 Å². The average Bonchev–Trinajstić information content (AvgIpc) is 2.77. The van der Waals surface area contributed by atoms with Crippen LogP contribution in [-0.4, -0.2) is 74.0 Å². The molecule has 8 nitrogen and oxygen atoms in total. The molecular formula is C25H34N4O4. The van der Waals surface area contributed by atoms with Crippen LogP contribution in [-0.2, 0) is 4.79 Å². The number of phenolic OH excluding ortho intramolecular Hbond substituents is 1. The van der Waals surface area contributed by atoms with Gasteiger partial charge in [0.2, 0.25) is 0 Å². The summed E-state index contributed by atoms with van der Waals surface area (Å²) in [6.45, 7) is 7.11. The van der Waals surface area contributed by atoms with Gasteiger partial charge in [0.1, 0.15) is 17.7 Å². The number of amides is 1. The fourth-order valence-electron chi connectivity index (χ4n) is 4.16. The van der Waals surface area contributed by atoms with E-state index in [9.17, 15) is 20.1 Å². The number of aliphatic hydroxyl groups excluding tert-OH is 1. The number of para-hydroxylation sites is 1. The molecule has 1 amide bonds. The molecule has 178 valence electrons. The number of aliphatic hydroxyl groups is 2. The Balaban J connectivity index is 0.00000216. The van der Waals surface area contributed by atoms with E-state index in [1.807, 2.05) is 31.2 Å². The Kier molecular flexibility index (Phi) is 6.23. The number of carbonyl (C=O) groups is 1. The van der Waals surface area contributed by atoms with Gasteiger partial charge in [-0.25, -0.2) is 9.97 Å². The molecule has 33 heavy (non-hydrogen) atoms. The van der Waals surface area contributed by atoms with Crippen LogP contribution in [0.4, 0.5) is 5.82 Å². The molecule has 0 unspecified atom stereocenters.